The van der Waals surface area contributed by atoms with Gasteiger partial charge in [0, 0.05) is 5.56 Å². The molecule has 0 spiro atoms. The highest BCUT2D eigenvalue weighted by atomic mass is 19.1. The molecule has 0 aliphatic heterocycles. The van der Waals surface area contributed by atoms with Gasteiger partial charge in [-0.05, 0) is 13.8 Å². The smallest absolute Gasteiger partial charge is 0.409 e. The molecule has 1 aromatic heterocycles. The van der Waals surface area contributed by atoms with Crippen molar-refractivity contribution in [3.8, 4) is 0 Å². The van der Waals surface area contributed by atoms with Crippen molar-refractivity contribution in [1.82, 2.24) is 14.9 Å². The van der Waals surface area contributed by atoms with Crippen LogP contribution in [0.4, 0.5) is 9.18 Å². The largest absolute Gasteiger partial charge is 0.450 e. The standard InChI is InChI=1S/C16H16FN3O5/c1-3-25-16(24)18-13(12(21)10-6-4-9(2)5-7-10)20-8-11(17)14(22)19-15(20)23/h4-8,13H,3H2,1-2H3,(H,18,24)(H,19,22,23). The average Bonchev–Trinajstić information content (AvgIpc) is 2.56. The summed E-state index contributed by atoms with van der Waals surface area (Å²) < 4.78 is 18.9. The van der Waals surface area contributed by atoms with Crippen LogP contribution in [0.2, 0.25) is 0 Å². The predicted octanol–water partition coefficient (Wildman–Crippen LogP) is 1.11. The summed E-state index contributed by atoms with van der Waals surface area (Å²) in [5.41, 5.74) is -1.18. The van der Waals surface area contributed by atoms with Gasteiger partial charge in [-0.1, -0.05) is 29.8 Å². The molecule has 1 atom stereocenters. The second kappa shape index (κ2) is 7.56. The number of nitrogens with one attached hydrogen (secondary N) is 2. The van der Waals surface area contributed by atoms with Crippen LogP contribution in [0.3, 0.4) is 0 Å². The van der Waals surface area contributed by atoms with Crippen LogP contribution in [-0.2, 0) is 4.74 Å². The van der Waals surface area contributed by atoms with Crippen molar-refractivity contribution in [1.29, 1.82) is 0 Å². The number of H-pyrrole nitrogens is 1. The summed E-state index contributed by atoms with van der Waals surface area (Å²) in [5.74, 6) is -1.95. The highest BCUT2D eigenvalue weighted by Gasteiger charge is 2.26. The zero-order valence-corrected chi connectivity index (χ0v) is 13.5. The molecule has 0 fully saturated rings. The summed E-state index contributed by atoms with van der Waals surface area (Å²) in [6, 6.07) is 6.35. The molecule has 1 amide bonds. The fraction of sp³-hybridized carbons (Fsp3) is 0.250. The molecule has 0 saturated carbocycles. The molecule has 2 rings (SSSR count). The van der Waals surface area contributed by atoms with Gasteiger partial charge in [0.05, 0.1) is 12.8 Å². The number of ether oxygens (including phenoxy) is 1. The number of hydrogen-bond acceptors (Lipinski definition) is 5. The lowest BCUT2D eigenvalue weighted by Gasteiger charge is -2.19. The van der Waals surface area contributed by atoms with Crippen LogP contribution in [0.25, 0.3) is 0 Å². The fourth-order valence-corrected chi connectivity index (χ4v) is 2.07. The molecule has 9 heteroatoms. The molecule has 25 heavy (non-hydrogen) atoms. The second-order valence-electron chi connectivity index (χ2n) is 5.14. The number of carbonyl (C=O) groups is 2. The summed E-state index contributed by atoms with van der Waals surface area (Å²) in [6.07, 6.45) is -1.99. The molecule has 0 saturated heterocycles. The van der Waals surface area contributed by atoms with E-state index in [4.69, 9.17) is 4.74 Å². The number of aromatic nitrogens is 2. The molecule has 0 aliphatic carbocycles. The molecule has 1 unspecified atom stereocenters. The number of ketones is 1. The van der Waals surface area contributed by atoms with Crippen LogP contribution in [-0.4, -0.2) is 28.0 Å². The second-order valence-corrected chi connectivity index (χ2v) is 5.14. The first-order valence-corrected chi connectivity index (χ1v) is 7.38. The number of halogens is 1. The molecule has 0 aliphatic rings. The van der Waals surface area contributed by atoms with Gasteiger partial charge in [0.15, 0.2) is 6.17 Å². The molecule has 132 valence electrons. The van der Waals surface area contributed by atoms with Crippen LogP contribution in [0.1, 0.15) is 29.0 Å². The molecule has 1 aromatic carbocycles. The lowest BCUT2D eigenvalue weighted by atomic mass is 10.1. The maximum Gasteiger partial charge on any atom is 0.409 e. The average molecular weight is 349 g/mol. The Morgan fingerprint density at radius 3 is 2.52 bits per heavy atom. The van der Waals surface area contributed by atoms with Crippen molar-refractivity contribution < 1.29 is 18.7 Å². The van der Waals surface area contributed by atoms with Gasteiger partial charge in [-0.15, -0.1) is 0 Å². The number of aryl methyl sites for hydroxylation is 1. The first-order chi connectivity index (χ1) is 11.8. The zero-order chi connectivity index (χ0) is 18.6. The van der Waals surface area contributed by atoms with Crippen molar-refractivity contribution in [3.05, 3.63) is 68.2 Å². The lowest BCUT2D eigenvalue weighted by molar-refractivity contribution is 0.0871. The zero-order valence-electron chi connectivity index (χ0n) is 13.5. The third-order valence-electron chi connectivity index (χ3n) is 3.32. The number of Topliss-reactive ketones (excluding diaryl/α,β-unsaturated/α-hetero) is 1. The van der Waals surface area contributed by atoms with Gasteiger partial charge >= 0.3 is 11.8 Å². The SMILES string of the molecule is CCOC(=O)NC(C(=O)c1ccc(C)cc1)n1cc(F)c(=O)[nH]c1=O. The maximum absolute atomic E-state index is 13.6. The number of hydrogen-bond donors (Lipinski definition) is 2. The van der Waals surface area contributed by atoms with Gasteiger partial charge < -0.3 is 4.74 Å². The Balaban J connectivity index is 2.49. The number of alkyl carbamates (subject to hydrolysis) is 1. The predicted molar refractivity (Wildman–Crippen MR) is 86.0 cm³/mol. The molecular formula is C16H16FN3O5. The third kappa shape index (κ3) is 4.19. The lowest BCUT2D eigenvalue weighted by Crippen LogP contribution is -2.45. The first kappa shape index (κ1) is 18.1. The number of benzene rings is 1. The highest BCUT2D eigenvalue weighted by Crippen LogP contribution is 2.12. The van der Waals surface area contributed by atoms with E-state index < -0.39 is 35.1 Å². The van der Waals surface area contributed by atoms with Gasteiger partial charge in [-0.25, -0.2) is 9.59 Å². The molecule has 1 heterocycles. The fourth-order valence-electron chi connectivity index (χ4n) is 2.07. The number of rotatable bonds is 5. The van der Waals surface area contributed by atoms with E-state index in [1.54, 1.807) is 24.0 Å². The molecule has 0 radical (unpaired) electrons. The summed E-state index contributed by atoms with van der Waals surface area (Å²) in [6.45, 7) is 3.42. The number of carbonyl (C=O) groups excluding carboxylic acids is 2. The number of amides is 1. The van der Waals surface area contributed by atoms with E-state index in [1.807, 2.05) is 6.92 Å². The minimum absolute atomic E-state index is 0.0339. The van der Waals surface area contributed by atoms with Crippen molar-refractivity contribution in [2.45, 2.75) is 20.0 Å². The maximum atomic E-state index is 13.6. The Labute approximate surface area is 141 Å². The summed E-state index contributed by atoms with van der Waals surface area (Å²) >= 11 is 0. The Morgan fingerprint density at radius 1 is 1.28 bits per heavy atom. The quantitative estimate of drug-likeness (QED) is 0.786. The van der Waals surface area contributed by atoms with Crippen LogP contribution < -0.4 is 16.6 Å². The van der Waals surface area contributed by atoms with Crippen molar-refractivity contribution >= 4 is 11.9 Å². The summed E-state index contributed by atoms with van der Waals surface area (Å²) in [7, 11) is 0. The monoisotopic (exact) mass is 349 g/mol. The van der Waals surface area contributed by atoms with Crippen LogP contribution in [0.15, 0.2) is 40.1 Å². The first-order valence-electron chi connectivity index (χ1n) is 7.38. The van der Waals surface area contributed by atoms with Crippen LogP contribution in [0.5, 0.6) is 0 Å². The summed E-state index contributed by atoms with van der Waals surface area (Å²) in [4.78, 5) is 49.3. The van der Waals surface area contributed by atoms with E-state index >= 15 is 0 Å². The van der Waals surface area contributed by atoms with E-state index in [9.17, 15) is 23.6 Å². The van der Waals surface area contributed by atoms with Crippen LogP contribution >= 0.6 is 0 Å². The van der Waals surface area contributed by atoms with Gasteiger partial charge in [0.1, 0.15) is 0 Å². The Kier molecular flexibility index (Phi) is 5.48. The van der Waals surface area contributed by atoms with Crippen molar-refractivity contribution in [2.75, 3.05) is 6.61 Å². The normalized spacial score (nSPS) is 11.6. The highest BCUT2D eigenvalue weighted by molar-refractivity contribution is 6.00. The van der Waals surface area contributed by atoms with E-state index in [0.717, 1.165) is 5.56 Å². The van der Waals surface area contributed by atoms with Crippen LogP contribution in [0, 0.1) is 12.7 Å². The molecular weight excluding hydrogens is 333 g/mol. The van der Waals surface area contributed by atoms with Gasteiger partial charge in [0.25, 0.3) is 5.56 Å². The van der Waals surface area contributed by atoms with E-state index in [2.05, 4.69) is 5.32 Å². The Morgan fingerprint density at radius 2 is 1.92 bits per heavy atom. The molecule has 2 aromatic rings. The Bertz CT molecular complexity index is 901. The van der Waals surface area contributed by atoms with Gasteiger partial charge in [-0.3, -0.25) is 24.5 Å². The summed E-state index contributed by atoms with van der Waals surface area (Å²) in [5, 5.41) is 2.20. The van der Waals surface area contributed by atoms with Gasteiger partial charge in [0.2, 0.25) is 11.6 Å². The third-order valence-corrected chi connectivity index (χ3v) is 3.32. The number of aromatic amines is 1. The molecule has 8 nitrogen and oxygen atoms in total. The van der Waals surface area contributed by atoms with Gasteiger partial charge in [-0.2, -0.15) is 4.39 Å². The van der Waals surface area contributed by atoms with E-state index in [0.29, 0.717) is 10.8 Å². The van der Waals surface area contributed by atoms with E-state index in [-0.39, 0.29) is 12.2 Å². The number of nitrogens with zero attached hydrogens (tertiary/aromatic N) is 1. The van der Waals surface area contributed by atoms with Crippen molar-refractivity contribution in [3.63, 3.8) is 0 Å². The molecule has 0 bridgehead atoms. The minimum Gasteiger partial charge on any atom is -0.450 e. The Hall–Kier alpha value is -3.23. The topological polar surface area (TPSA) is 110 Å². The minimum atomic E-state index is -1.58. The molecule has 2 N–H and O–H groups in total. The van der Waals surface area contributed by atoms with Crippen molar-refractivity contribution in [2.24, 2.45) is 0 Å². The van der Waals surface area contributed by atoms with E-state index in [1.165, 1.54) is 12.1 Å².